The van der Waals surface area contributed by atoms with E-state index >= 15 is 0 Å². The average Bonchev–Trinajstić information content (AvgIpc) is 2.26. The third-order valence-electron chi connectivity index (χ3n) is 2.31. The van der Waals surface area contributed by atoms with E-state index in [0.717, 1.165) is 6.07 Å². The smallest absolute Gasteiger partial charge is 0.416 e. The fraction of sp³-hybridized carbons (Fsp3) is 0.0909. The molecule has 0 aliphatic heterocycles. The predicted octanol–water partition coefficient (Wildman–Crippen LogP) is 2.95. The molecule has 0 atom stereocenters. The summed E-state index contributed by atoms with van der Waals surface area (Å²) in [4.78, 5) is 14.6. The lowest BCUT2D eigenvalue weighted by Crippen LogP contribution is -2.08. The average molecular weight is 241 g/mol. The highest BCUT2D eigenvalue weighted by Crippen LogP contribution is 2.33. The number of alkyl halides is 3. The maximum Gasteiger partial charge on any atom is 0.416 e. The monoisotopic (exact) mass is 241 g/mol. The molecule has 3 nitrogen and oxygen atoms in total. The minimum Gasteiger partial charge on any atom is -0.478 e. The first-order chi connectivity index (χ1) is 7.89. The molecule has 0 aliphatic carbocycles. The number of carboxylic acids is 1. The van der Waals surface area contributed by atoms with Crippen LogP contribution in [0.25, 0.3) is 10.8 Å². The Morgan fingerprint density at radius 2 is 2.00 bits per heavy atom. The molecule has 0 unspecified atom stereocenters. The van der Waals surface area contributed by atoms with Gasteiger partial charge in [-0.2, -0.15) is 13.2 Å². The van der Waals surface area contributed by atoms with Crippen LogP contribution in [-0.4, -0.2) is 16.1 Å². The van der Waals surface area contributed by atoms with Crippen LogP contribution in [0.5, 0.6) is 0 Å². The summed E-state index contributed by atoms with van der Waals surface area (Å²) in [5.74, 6) is -1.40. The first-order valence-corrected chi connectivity index (χ1v) is 4.58. The van der Waals surface area contributed by atoms with Crippen LogP contribution >= 0.6 is 0 Å². The van der Waals surface area contributed by atoms with Gasteiger partial charge in [0.05, 0.1) is 11.1 Å². The summed E-state index contributed by atoms with van der Waals surface area (Å²) in [5, 5.41) is 9.27. The molecule has 0 fully saturated rings. The summed E-state index contributed by atoms with van der Waals surface area (Å²) in [5.41, 5.74) is -1.37. The van der Waals surface area contributed by atoms with E-state index in [-0.39, 0.29) is 16.3 Å². The minimum absolute atomic E-state index is 0.153. The molecule has 0 radical (unpaired) electrons. The molecule has 2 rings (SSSR count). The predicted molar refractivity (Wildman–Crippen MR) is 53.7 cm³/mol. The van der Waals surface area contributed by atoms with E-state index in [2.05, 4.69) is 4.98 Å². The van der Waals surface area contributed by atoms with Crippen molar-refractivity contribution in [2.45, 2.75) is 6.18 Å². The van der Waals surface area contributed by atoms with E-state index < -0.39 is 17.7 Å². The van der Waals surface area contributed by atoms with Crippen molar-refractivity contribution >= 4 is 16.7 Å². The summed E-state index contributed by atoms with van der Waals surface area (Å²) < 4.78 is 37.6. The molecule has 88 valence electrons. The summed E-state index contributed by atoms with van der Waals surface area (Å²) in [7, 11) is 0. The number of aromatic nitrogens is 1. The van der Waals surface area contributed by atoms with Gasteiger partial charge in [0.1, 0.15) is 0 Å². The normalized spacial score (nSPS) is 11.7. The van der Waals surface area contributed by atoms with Gasteiger partial charge >= 0.3 is 12.1 Å². The van der Waals surface area contributed by atoms with Crippen LogP contribution in [0.1, 0.15) is 15.9 Å². The van der Waals surface area contributed by atoms with Crippen molar-refractivity contribution in [1.82, 2.24) is 4.98 Å². The molecule has 0 aliphatic rings. The first-order valence-electron chi connectivity index (χ1n) is 4.58. The lowest BCUT2D eigenvalue weighted by Gasteiger charge is -2.09. The molecule has 0 saturated carbocycles. The SMILES string of the molecule is O=C(O)c1cc(C(F)(F)F)cc2cnccc12. The number of rotatable bonds is 1. The lowest BCUT2D eigenvalue weighted by molar-refractivity contribution is -0.137. The number of hydrogen-bond donors (Lipinski definition) is 1. The maximum atomic E-state index is 12.5. The fourth-order valence-electron chi connectivity index (χ4n) is 1.55. The van der Waals surface area contributed by atoms with Crippen LogP contribution in [0, 0.1) is 0 Å². The third-order valence-corrected chi connectivity index (χ3v) is 2.31. The van der Waals surface area contributed by atoms with Crippen LogP contribution < -0.4 is 0 Å². The standard InChI is InChI=1S/C11H6F3NO2/c12-11(13,14)7-3-6-5-15-2-1-8(6)9(4-7)10(16)17/h1-5H,(H,16,17). The third kappa shape index (κ3) is 2.06. The number of carbonyl (C=O) groups is 1. The molecule has 2 aromatic rings. The molecule has 0 saturated heterocycles. The Morgan fingerprint density at radius 3 is 2.59 bits per heavy atom. The molecule has 1 N–H and O–H groups in total. The molecule has 1 heterocycles. The Morgan fingerprint density at radius 1 is 1.29 bits per heavy atom. The van der Waals surface area contributed by atoms with Crippen molar-refractivity contribution in [3.8, 4) is 0 Å². The number of benzene rings is 1. The number of pyridine rings is 1. The number of nitrogens with zero attached hydrogens (tertiary/aromatic N) is 1. The van der Waals surface area contributed by atoms with Gasteiger partial charge in [-0.05, 0) is 23.6 Å². The number of carboxylic acid groups (broad SMARTS) is 1. The molecule has 0 bridgehead atoms. The van der Waals surface area contributed by atoms with Gasteiger partial charge in [0.2, 0.25) is 0 Å². The van der Waals surface area contributed by atoms with Gasteiger partial charge in [0, 0.05) is 17.8 Å². The molecule has 1 aromatic carbocycles. The van der Waals surface area contributed by atoms with Crippen LogP contribution in [-0.2, 0) is 6.18 Å². The molecule has 6 heteroatoms. The quantitative estimate of drug-likeness (QED) is 0.835. The van der Waals surface area contributed by atoms with Gasteiger partial charge in [-0.25, -0.2) is 4.79 Å². The Bertz CT molecular complexity index is 593. The number of hydrogen-bond acceptors (Lipinski definition) is 2. The van der Waals surface area contributed by atoms with Gasteiger partial charge in [-0.15, -0.1) is 0 Å². The van der Waals surface area contributed by atoms with Gasteiger partial charge in [-0.1, -0.05) is 0 Å². The van der Waals surface area contributed by atoms with E-state index in [4.69, 9.17) is 5.11 Å². The molecule has 0 amide bonds. The number of halogens is 3. The van der Waals surface area contributed by atoms with Gasteiger partial charge in [0.15, 0.2) is 0 Å². The zero-order chi connectivity index (χ0) is 12.6. The Kier molecular flexibility index (Phi) is 2.49. The van der Waals surface area contributed by atoms with Gasteiger partial charge in [0.25, 0.3) is 0 Å². The van der Waals surface area contributed by atoms with Crippen molar-refractivity contribution in [1.29, 1.82) is 0 Å². The summed E-state index contributed by atoms with van der Waals surface area (Å²) in [6, 6.07) is 2.89. The van der Waals surface area contributed by atoms with Crippen LogP contribution in [0.2, 0.25) is 0 Å². The van der Waals surface area contributed by atoms with Gasteiger partial charge < -0.3 is 5.11 Å². The Hall–Kier alpha value is -2.11. The van der Waals surface area contributed by atoms with E-state index in [1.165, 1.54) is 18.5 Å². The highest BCUT2D eigenvalue weighted by Gasteiger charge is 2.32. The van der Waals surface area contributed by atoms with Crippen LogP contribution in [0.3, 0.4) is 0 Å². The van der Waals surface area contributed by atoms with E-state index in [1.54, 1.807) is 0 Å². The largest absolute Gasteiger partial charge is 0.478 e. The molecule has 0 spiro atoms. The molecular weight excluding hydrogens is 235 g/mol. The topological polar surface area (TPSA) is 50.2 Å². The fourth-order valence-corrected chi connectivity index (χ4v) is 1.55. The van der Waals surface area contributed by atoms with Crippen LogP contribution in [0.4, 0.5) is 13.2 Å². The summed E-state index contributed by atoms with van der Waals surface area (Å²) in [6.45, 7) is 0. The second kappa shape index (κ2) is 3.73. The first kappa shape index (κ1) is 11.4. The molecule has 1 aromatic heterocycles. The highest BCUT2D eigenvalue weighted by atomic mass is 19.4. The summed E-state index contributed by atoms with van der Waals surface area (Å²) in [6.07, 6.45) is -2.03. The lowest BCUT2D eigenvalue weighted by atomic mass is 10.0. The Balaban J connectivity index is 2.81. The zero-order valence-electron chi connectivity index (χ0n) is 8.32. The van der Waals surface area contributed by atoms with E-state index in [1.807, 2.05) is 0 Å². The maximum absolute atomic E-state index is 12.5. The second-order valence-electron chi connectivity index (χ2n) is 3.42. The van der Waals surface area contributed by atoms with Gasteiger partial charge in [-0.3, -0.25) is 4.98 Å². The van der Waals surface area contributed by atoms with Crippen molar-refractivity contribution in [2.24, 2.45) is 0 Å². The molecule has 17 heavy (non-hydrogen) atoms. The molecular formula is C11H6F3NO2. The highest BCUT2D eigenvalue weighted by molar-refractivity contribution is 6.03. The second-order valence-corrected chi connectivity index (χ2v) is 3.42. The van der Waals surface area contributed by atoms with E-state index in [0.29, 0.717) is 6.07 Å². The van der Waals surface area contributed by atoms with Crippen molar-refractivity contribution in [2.75, 3.05) is 0 Å². The number of fused-ring (bicyclic) bond motifs is 1. The van der Waals surface area contributed by atoms with Crippen LogP contribution in [0.15, 0.2) is 30.6 Å². The zero-order valence-corrected chi connectivity index (χ0v) is 8.32. The van der Waals surface area contributed by atoms with Crippen molar-refractivity contribution in [3.05, 3.63) is 41.7 Å². The number of aromatic carboxylic acids is 1. The van der Waals surface area contributed by atoms with Crippen molar-refractivity contribution in [3.63, 3.8) is 0 Å². The Labute approximate surface area is 93.5 Å². The minimum atomic E-state index is -4.58. The van der Waals surface area contributed by atoms with Crippen molar-refractivity contribution < 1.29 is 23.1 Å². The summed E-state index contributed by atoms with van der Waals surface area (Å²) >= 11 is 0. The van der Waals surface area contributed by atoms with E-state index in [9.17, 15) is 18.0 Å².